The molecular formula is C11H16N2O. The van der Waals surface area contributed by atoms with Crippen molar-refractivity contribution in [2.75, 3.05) is 19.0 Å². The van der Waals surface area contributed by atoms with Gasteiger partial charge in [0.25, 0.3) is 0 Å². The lowest BCUT2D eigenvalue weighted by Gasteiger charge is -2.09. The van der Waals surface area contributed by atoms with Crippen LogP contribution in [0.5, 0.6) is 5.75 Å². The molecule has 0 aliphatic heterocycles. The Morgan fingerprint density at radius 1 is 1.57 bits per heavy atom. The molecule has 1 N–H and O–H groups in total. The smallest absolute Gasteiger partial charge is 0.160 e. The SMILES string of the molecule is C/C=C/CNc1cc(C)ncc1OC. The monoisotopic (exact) mass is 192 g/mol. The number of methoxy groups -OCH3 is 1. The molecule has 1 aromatic rings. The van der Waals surface area contributed by atoms with Gasteiger partial charge in [0, 0.05) is 12.2 Å². The highest BCUT2D eigenvalue weighted by molar-refractivity contribution is 5.56. The summed E-state index contributed by atoms with van der Waals surface area (Å²) in [4.78, 5) is 4.16. The maximum Gasteiger partial charge on any atom is 0.160 e. The molecule has 0 aromatic carbocycles. The van der Waals surface area contributed by atoms with Gasteiger partial charge in [0.05, 0.1) is 19.0 Å². The summed E-state index contributed by atoms with van der Waals surface area (Å²) >= 11 is 0. The van der Waals surface area contributed by atoms with Crippen molar-refractivity contribution in [3.05, 3.63) is 30.1 Å². The molecule has 1 heterocycles. The van der Waals surface area contributed by atoms with Crippen molar-refractivity contribution in [2.24, 2.45) is 0 Å². The van der Waals surface area contributed by atoms with Gasteiger partial charge in [-0.05, 0) is 19.9 Å². The number of pyridine rings is 1. The lowest BCUT2D eigenvalue weighted by Crippen LogP contribution is -2.01. The molecule has 76 valence electrons. The predicted molar refractivity (Wildman–Crippen MR) is 58.8 cm³/mol. The maximum absolute atomic E-state index is 5.18. The van der Waals surface area contributed by atoms with Crippen LogP contribution in [0.1, 0.15) is 12.6 Å². The van der Waals surface area contributed by atoms with E-state index in [4.69, 9.17) is 4.74 Å². The van der Waals surface area contributed by atoms with E-state index in [0.717, 1.165) is 23.7 Å². The number of hydrogen-bond acceptors (Lipinski definition) is 3. The van der Waals surface area contributed by atoms with Crippen molar-refractivity contribution < 1.29 is 4.74 Å². The summed E-state index contributed by atoms with van der Waals surface area (Å²) < 4.78 is 5.18. The van der Waals surface area contributed by atoms with Crippen LogP contribution in [0, 0.1) is 6.92 Å². The van der Waals surface area contributed by atoms with Crippen LogP contribution in [-0.4, -0.2) is 18.6 Å². The minimum absolute atomic E-state index is 0.778. The van der Waals surface area contributed by atoms with Gasteiger partial charge < -0.3 is 10.1 Å². The van der Waals surface area contributed by atoms with Crippen LogP contribution in [0.15, 0.2) is 24.4 Å². The minimum Gasteiger partial charge on any atom is -0.493 e. The Morgan fingerprint density at radius 3 is 3.00 bits per heavy atom. The summed E-state index contributed by atoms with van der Waals surface area (Å²) in [5.41, 5.74) is 1.96. The van der Waals surface area contributed by atoms with Gasteiger partial charge in [-0.25, -0.2) is 0 Å². The lowest BCUT2D eigenvalue weighted by atomic mass is 10.3. The number of aromatic nitrogens is 1. The van der Waals surface area contributed by atoms with Crippen molar-refractivity contribution in [3.63, 3.8) is 0 Å². The highest BCUT2D eigenvalue weighted by atomic mass is 16.5. The van der Waals surface area contributed by atoms with Crippen LogP contribution < -0.4 is 10.1 Å². The van der Waals surface area contributed by atoms with Crippen LogP contribution in [0.25, 0.3) is 0 Å². The zero-order chi connectivity index (χ0) is 10.4. The highest BCUT2D eigenvalue weighted by Crippen LogP contribution is 2.22. The molecular weight excluding hydrogens is 176 g/mol. The van der Waals surface area contributed by atoms with Crippen molar-refractivity contribution in [2.45, 2.75) is 13.8 Å². The average molecular weight is 192 g/mol. The second-order valence-corrected chi connectivity index (χ2v) is 2.98. The van der Waals surface area contributed by atoms with Gasteiger partial charge in [-0.15, -0.1) is 0 Å². The summed E-state index contributed by atoms with van der Waals surface area (Å²) in [6, 6.07) is 1.97. The van der Waals surface area contributed by atoms with Crippen LogP contribution in [-0.2, 0) is 0 Å². The van der Waals surface area contributed by atoms with E-state index in [1.165, 1.54) is 0 Å². The first-order chi connectivity index (χ1) is 6.77. The van der Waals surface area contributed by atoms with E-state index in [1.54, 1.807) is 13.3 Å². The van der Waals surface area contributed by atoms with E-state index in [0.29, 0.717) is 0 Å². The molecule has 0 aliphatic carbocycles. The molecule has 0 fully saturated rings. The first kappa shape index (κ1) is 10.6. The van der Waals surface area contributed by atoms with Crippen molar-refractivity contribution in [3.8, 4) is 5.75 Å². The number of ether oxygens (including phenoxy) is 1. The Labute approximate surface area is 84.8 Å². The van der Waals surface area contributed by atoms with Gasteiger partial charge in [0.15, 0.2) is 5.75 Å². The summed E-state index contributed by atoms with van der Waals surface area (Å²) in [5, 5.41) is 3.25. The van der Waals surface area contributed by atoms with E-state index in [1.807, 2.05) is 26.0 Å². The number of aryl methyl sites for hydroxylation is 1. The molecule has 0 spiro atoms. The maximum atomic E-state index is 5.18. The fourth-order valence-electron chi connectivity index (χ4n) is 1.13. The van der Waals surface area contributed by atoms with E-state index in [-0.39, 0.29) is 0 Å². The zero-order valence-corrected chi connectivity index (χ0v) is 8.87. The normalized spacial score (nSPS) is 10.5. The second-order valence-electron chi connectivity index (χ2n) is 2.98. The second kappa shape index (κ2) is 5.27. The quantitative estimate of drug-likeness (QED) is 0.744. The molecule has 0 aliphatic rings. The third kappa shape index (κ3) is 2.76. The first-order valence-corrected chi connectivity index (χ1v) is 4.63. The van der Waals surface area contributed by atoms with Crippen molar-refractivity contribution in [1.29, 1.82) is 0 Å². The predicted octanol–water partition coefficient (Wildman–Crippen LogP) is 2.39. The van der Waals surface area contributed by atoms with Crippen LogP contribution >= 0.6 is 0 Å². The zero-order valence-electron chi connectivity index (χ0n) is 8.87. The first-order valence-electron chi connectivity index (χ1n) is 4.63. The highest BCUT2D eigenvalue weighted by Gasteiger charge is 2.01. The summed E-state index contributed by atoms with van der Waals surface area (Å²) in [7, 11) is 1.65. The molecule has 3 nitrogen and oxygen atoms in total. The topological polar surface area (TPSA) is 34.2 Å². The third-order valence-corrected chi connectivity index (χ3v) is 1.87. The fraction of sp³-hybridized carbons (Fsp3) is 0.364. The van der Waals surface area contributed by atoms with Gasteiger partial charge in [-0.2, -0.15) is 0 Å². The number of nitrogens with zero attached hydrogens (tertiary/aromatic N) is 1. The Morgan fingerprint density at radius 2 is 2.36 bits per heavy atom. The molecule has 0 unspecified atom stereocenters. The number of nitrogens with one attached hydrogen (secondary N) is 1. The minimum atomic E-state index is 0.778. The summed E-state index contributed by atoms with van der Waals surface area (Å²) in [6.07, 6.45) is 5.79. The standard InChI is InChI=1S/C11H16N2O/c1-4-5-6-12-10-7-9(2)13-8-11(10)14-3/h4-5,7-8H,6H2,1-3H3,(H,12,13)/b5-4+. The van der Waals surface area contributed by atoms with Crippen LogP contribution in [0.4, 0.5) is 5.69 Å². The van der Waals surface area contributed by atoms with Crippen molar-refractivity contribution >= 4 is 5.69 Å². The van der Waals surface area contributed by atoms with Gasteiger partial charge in [-0.3, -0.25) is 4.98 Å². The largest absolute Gasteiger partial charge is 0.493 e. The molecule has 0 bridgehead atoms. The van der Waals surface area contributed by atoms with Crippen LogP contribution in [0.2, 0.25) is 0 Å². The van der Waals surface area contributed by atoms with Crippen LogP contribution in [0.3, 0.4) is 0 Å². The summed E-state index contributed by atoms with van der Waals surface area (Å²) in [5.74, 6) is 0.778. The van der Waals surface area contributed by atoms with E-state index >= 15 is 0 Å². The van der Waals surface area contributed by atoms with Gasteiger partial charge in [0.2, 0.25) is 0 Å². The van der Waals surface area contributed by atoms with E-state index < -0.39 is 0 Å². The van der Waals surface area contributed by atoms with Gasteiger partial charge in [-0.1, -0.05) is 12.2 Å². The van der Waals surface area contributed by atoms with Gasteiger partial charge in [0.1, 0.15) is 0 Å². The van der Waals surface area contributed by atoms with E-state index in [9.17, 15) is 0 Å². The lowest BCUT2D eigenvalue weighted by molar-refractivity contribution is 0.414. The van der Waals surface area contributed by atoms with Gasteiger partial charge >= 0.3 is 0 Å². The molecule has 3 heteroatoms. The molecule has 14 heavy (non-hydrogen) atoms. The molecule has 0 saturated heterocycles. The molecule has 0 saturated carbocycles. The molecule has 0 atom stereocenters. The molecule has 0 amide bonds. The summed E-state index contributed by atoms with van der Waals surface area (Å²) in [6.45, 7) is 4.76. The molecule has 1 rings (SSSR count). The fourth-order valence-corrected chi connectivity index (χ4v) is 1.13. The Hall–Kier alpha value is -1.51. The Balaban J connectivity index is 2.76. The average Bonchev–Trinajstić information content (AvgIpc) is 2.19. The number of rotatable bonds is 4. The van der Waals surface area contributed by atoms with Crippen molar-refractivity contribution in [1.82, 2.24) is 4.98 Å². The Kier molecular flexibility index (Phi) is 3.98. The number of hydrogen-bond donors (Lipinski definition) is 1. The third-order valence-electron chi connectivity index (χ3n) is 1.87. The number of anilines is 1. The van der Waals surface area contributed by atoms with E-state index in [2.05, 4.69) is 16.4 Å². The number of allylic oxidation sites excluding steroid dienone is 1. The molecule has 0 radical (unpaired) electrons. The molecule has 1 aromatic heterocycles. The Bertz CT molecular complexity index is 321.